The van der Waals surface area contributed by atoms with Crippen LogP contribution in [0.3, 0.4) is 0 Å². The average Bonchev–Trinajstić information content (AvgIpc) is 3.16. The molecule has 0 amide bonds. The van der Waals surface area contributed by atoms with Crippen LogP contribution < -0.4 is 5.32 Å². The summed E-state index contributed by atoms with van der Waals surface area (Å²) >= 11 is 0. The molecule has 7 heteroatoms. The highest BCUT2D eigenvalue weighted by atomic mass is 16.5. The highest BCUT2D eigenvalue weighted by Gasteiger charge is 2.12. The number of fused-ring (bicyclic) bond motifs is 1. The van der Waals surface area contributed by atoms with Crippen LogP contribution in [0, 0.1) is 0 Å². The van der Waals surface area contributed by atoms with Crippen molar-refractivity contribution in [3.63, 3.8) is 0 Å². The smallest absolute Gasteiger partial charge is 0.337 e. The number of aromatic amines is 1. The monoisotopic (exact) mass is 313 g/mol. The fourth-order valence-corrected chi connectivity index (χ4v) is 2.43. The van der Waals surface area contributed by atoms with Gasteiger partial charge in [0.25, 0.3) is 0 Å². The highest BCUT2D eigenvalue weighted by molar-refractivity contribution is 5.94. The van der Waals surface area contributed by atoms with Gasteiger partial charge in [0, 0.05) is 18.9 Å². The normalized spacial score (nSPS) is 10.9. The van der Waals surface area contributed by atoms with Crippen LogP contribution in [0.25, 0.3) is 11.0 Å². The molecule has 3 rings (SSSR count). The Bertz CT molecular complexity index is 849. The van der Waals surface area contributed by atoms with Crippen LogP contribution >= 0.6 is 0 Å². The van der Waals surface area contributed by atoms with Gasteiger partial charge < -0.3 is 19.6 Å². The van der Waals surface area contributed by atoms with Crippen LogP contribution in [0.1, 0.15) is 28.8 Å². The van der Waals surface area contributed by atoms with Crippen molar-refractivity contribution in [1.29, 1.82) is 0 Å². The number of aromatic nitrogens is 4. The minimum absolute atomic E-state index is 0.356. The SMILES string of the molecule is CCc1cnc(CNc2nc3ccc(C(=O)OC)cc3n2C)[nH]1. The molecule has 0 fully saturated rings. The number of H-pyrrole nitrogens is 1. The molecule has 0 aliphatic carbocycles. The number of nitrogens with zero attached hydrogens (tertiary/aromatic N) is 3. The summed E-state index contributed by atoms with van der Waals surface area (Å²) in [6.07, 6.45) is 2.77. The third-order valence-corrected chi connectivity index (χ3v) is 3.78. The number of hydrogen-bond donors (Lipinski definition) is 2. The molecule has 2 heterocycles. The molecule has 0 saturated carbocycles. The Labute approximate surface area is 133 Å². The van der Waals surface area contributed by atoms with Gasteiger partial charge in [-0.2, -0.15) is 0 Å². The molecule has 2 aromatic heterocycles. The predicted octanol–water partition coefficient (Wildman–Crippen LogP) is 2.26. The van der Waals surface area contributed by atoms with Crippen LogP contribution in [0.15, 0.2) is 24.4 Å². The standard InChI is InChI=1S/C16H19N5O2/c1-4-11-8-17-14(19-11)9-18-16-20-12-6-5-10(15(22)23-3)7-13(12)21(16)2/h5-8H,4,9H2,1-3H3,(H,17,19)(H,18,20). The predicted molar refractivity (Wildman–Crippen MR) is 87.3 cm³/mol. The third kappa shape index (κ3) is 2.90. The summed E-state index contributed by atoms with van der Waals surface area (Å²) in [5.41, 5.74) is 3.29. The van der Waals surface area contributed by atoms with E-state index in [1.54, 1.807) is 12.1 Å². The lowest BCUT2D eigenvalue weighted by molar-refractivity contribution is 0.0601. The lowest BCUT2D eigenvalue weighted by Crippen LogP contribution is -2.06. The lowest BCUT2D eigenvalue weighted by Gasteiger charge is -2.04. The summed E-state index contributed by atoms with van der Waals surface area (Å²) in [7, 11) is 3.27. The fraction of sp³-hybridized carbons (Fsp3) is 0.312. The van der Waals surface area contributed by atoms with E-state index in [2.05, 4.69) is 27.2 Å². The maximum Gasteiger partial charge on any atom is 0.337 e. The molecule has 1 aromatic carbocycles. The second-order valence-electron chi connectivity index (χ2n) is 5.25. The van der Waals surface area contributed by atoms with Crippen LogP contribution in [0.4, 0.5) is 5.95 Å². The van der Waals surface area contributed by atoms with E-state index in [-0.39, 0.29) is 5.97 Å². The number of benzene rings is 1. The lowest BCUT2D eigenvalue weighted by atomic mass is 10.2. The third-order valence-electron chi connectivity index (χ3n) is 3.78. The number of nitrogens with one attached hydrogen (secondary N) is 2. The van der Waals surface area contributed by atoms with Gasteiger partial charge in [-0.3, -0.25) is 0 Å². The molecule has 23 heavy (non-hydrogen) atoms. The Balaban J connectivity index is 1.83. The molecule has 2 N–H and O–H groups in total. The Morgan fingerprint density at radius 3 is 2.96 bits per heavy atom. The van der Waals surface area contributed by atoms with E-state index in [1.807, 2.05) is 23.9 Å². The summed E-state index contributed by atoms with van der Waals surface area (Å²) in [6, 6.07) is 5.31. The highest BCUT2D eigenvalue weighted by Crippen LogP contribution is 2.20. The summed E-state index contributed by atoms with van der Waals surface area (Å²) in [5.74, 6) is 1.23. The molecule has 0 aliphatic heterocycles. The maximum absolute atomic E-state index is 11.6. The molecule has 0 spiro atoms. The number of hydrogen-bond acceptors (Lipinski definition) is 5. The van der Waals surface area contributed by atoms with Gasteiger partial charge in [0.2, 0.25) is 5.95 Å². The number of carbonyl (C=O) groups excluding carboxylic acids is 1. The minimum atomic E-state index is -0.356. The van der Waals surface area contributed by atoms with Gasteiger partial charge in [0.15, 0.2) is 0 Å². The summed E-state index contributed by atoms with van der Waals surface area (Å²) in [4.78, 5) is 23.7. The zero-order valence-electron chi connectivity index (χ0n) is 13.4. The van der Waals surface area contributed by atoms with Crippen molar-refractivity contribution in [2.45, 2.75) is 19.9 Å². The Morgan fingerprint density at radius 2 is 2.26 bits per heavy atom. The molecule has 0 bridgehead atoms. The van der Waals surface area contributed by atoms with Gasteiger partial charge >= 0.3 is 5.97 Å². The van der Waals surface area contributed by atoms with Gasteiger partial charge in [-0.05, 0) is 24.6 Å². The Morgan fingerprint density at radius 1 is 1.43 bits per heavy atom. The molecule has 120 valence electrons. The fourth-order valence-electron chi connectivity index (χ4n) is 2.43. The largest absolute Gasteiger partial charge is 0.465 e. The molecule has 0 saturated heterocycles. The van der Waals surface area contributed by atoms with Crippen molar-refractivity contribution in [1.82, 2.24) is 19.5 Å². The summed E-state index contributed by atoms with van der Waals surface area (Å²) < 4.78 is 6.66. The Kier molecular flexibility index (Phi) is 4.01. The zero-order chi connectivity index (χ0) is 16.4. The number of esters is 1. The van der Waals surface area contributed by atoms with Crippen LogP contribution in [-0.4, -0.2) is 32.6 Å². The van der Waals surface area contributed by atoms with E-state index < -0.39 is 0 Å². The van der Waals surface area contributed by atoms with Gasteiger partial charge in [-0.25, -0.2) is 14.8 Å². The molecule has 0 radical (unpaired) electrons. The van der Waals surface area contributed by atoms with E-state index >= 15 is 0 Å². The number of ether oxygens (including phenoxy) is 1. The molecule has 3 aromatic rings. The summed E-state index contributed by atoms with van der Waals surface area (Å²) in [6.45, 7) is 2.64. The average molecular weight is 313 g/mol. The molecule has 0 aliphatic rings. The quantitative estimate of drug-likeness (QED) is 0.706. The van der Waals surface area contributed by atoms with Crippen molar-refractivity contribution in [2.24, 2.45) is 7.05 Å². The van der Waals surface area contributed by atoms with E-state index in [0.717, 1.165) is 34.9 Å². The number of anilines is 1. The van der Waals surface area contributed by atoms with Crippen molar-refractivity contribution in [3.05, 3.63) is 41.5 Å². The molecule has 0 unspecified atom stereocenters. The summed E-state index contributed by atoms with van der Waals surface area (Å²) in [5, 5.41) is 3.26. The van der Waals surface area contributed by atoms with Crippen LogP contribution in [-0.2, 0) is 24.8 Å². The van der Waals surface area contributed by atoms with E-state index in [9.17, 15) is 4.79 Å². The first-order valence-electron chi connectivity index (χ1n) is 7.43. The van der Waals surface area contributed by atoms with E-state index in [4.69, 9.17) is 4.74 Å². The van der Waals surface area contributed by atoms with Crippen molar-refractivity contribution in [3.8, 4) is 0 Å². The molecule has 0 atom stereocenters. The van der Waals surface area contributed by atoms with Gasteiger partial charge in [-0.1, -0.05) is 6.92 Å². The van der Waals surface area contributed by atoms with E-state index in [1.165, 1.54) is 7.11 Å². The van der Waals surface area contributed by atoms with Gasteiger partial charge in [0.1, 0.15) is 5.82 Å². The first-order chi connectivity index (χ1) is 11.1. The molecular formula is C16H19N5O2. The van der Waals surface area contributed by atoms with Crippen molar-refractivity contribution < 1.29 is 9.53 Å². The Hall–Kier alpha value is -2.83. The van der Waals surface area contributed by atoms with Crippen molar-refractivity contribution in [2.75, 3.05) is 12.4 Å². The first-order valence-corrected chi connectivity index (χ1v) is 7.43. The number of rotatable bonds is 5. The first kappa shape index (κ1) is 15.1. The zero-order valence-corrected chi connectivity index (χ0v) is 13.4. The van der Waals surface area contributed by atoms with Gasteiger partial charge in [-0.15, -0.1) is 0 Å². The van der Waals surface area contributed by atoms with E-state index in [0.29, 0.717) is 12.1 Å². The van der Waals surface area contributed by atoms with Crippen LogP contribution in [0.2, 0.25) is 0 Å². The van der Waals surface area contributed by atoms with Crippen LogP contribution in [0.5, 0.6) is 0 Å². The maximum atomic E-state index is 11.6. The van der Waals surface area contributed by atoms with Crippen molar-refractivity contribution >= 4 is 23.0 Å². The van der Waals surface area contributed by atoms with Gasteiger partial charge in [0.05, 0.1) is 30.3 Å². The molecule has 7 nitrogen and oxygen atoms in total. The number of aryl methyl sites for hydroxylation is 2. The number of carbonyl (C=O) groups is 1. The topological polar surface area (TPSA) is 84.8 Å². The number of methoxy groups -OCH3 is 1. The number of imidazole rings is 2. The second-order valence-corrected chi connectivity index (χ2v) is 5.25. The second kappa shape index (κ2) is 6.12. The molecular weight excluding hydrogens is 294 g/mol. The minimum Gasteiger partial charge on any atom is -0.465 e.